The van der Waals surface area contributed by atoms with Gasteiger partial charge in [0.05, 0.1) is 0 Å². The zero-order chi connectivity index (χ0) is 18.8. The summed E-state index contributed by atoms with van der Waals surface area (Å²) in [5, 5.41) is 2.91. The third-order valence-corrected chi connectivity index (χ3v) is 6.51. The number of nitrogens with one attached hydrogen (secondary N) is 1. The van der Waals surface area contributed by atoms with Gasteiger partial charge >= 0.3 is 6.03 Å². The highest BCUT2D eigenvalue weighted by atomic mass is 16.2. The quantitative estimate of drug-likeness (QED) is 0.748. The molecule has 1 saturated carbocycles. The highest BCUT2D eigenvalue weighted by Crippen LogP contribution is 2.45. The summed E-state index contributed by atoms with van der Waals surface area (Å²) in [5.41, 5.74) is -0.535. The molecule has 1 N–H and O–H groups in total. The summed E-state index contributed by atoms with van der Waals surface area (Å²) in [6.07, 6.45) is 4.31. The SMILES string of the molecule is CCN(CC)C(=O)CN1C(=O)NC2(CCC(C(C)(C)CC)CC2)C1=O. The van der Waals surface area contributed by atoms with Gasteiger partial charge < -0.3 is 10.2 Å². The van der Waals surface area contributed by atoms with E-state index in [4.69, 9.17) is 0 Å². The molecule has 1 aliphatic heterocycles. The van der Waals surface area contributed by atoms with Crippen LogP contribution >= 0.6 is 0 Å². The molecule has 2 aliphatic rings. The molecule has 6 nitrogen and oxygen atoms in total. The third-order valence-electron chi connectivity index (χ3n) is 6.51. The number of carbonyl (C=O) groups is 3. The molecule has 0 aromatic rings. The Balaban J connectivity index is 2.05. The molecule has 1 spiro atoms. The number of hydrogen-bond acceptors (Lipinski definition) is 3. The van der Waals surface area contributed by atoms with E-state index in [1.807, 2.05) is 13.8 Å². The van der Waals surface area contributed by atoms with Crippen molar-refractivity contribution in [3.05, 3.63) is 0 Å². The second-order valence-electron chi connectivity index (χ2n) is 8.09. The monoisotopic (exact) mass is 351 g/mol. The first-order valence-corrected chi connectivity index (χ1v) is 9.62. The molecule has 1 aliphatic carbocycles. The fourth-order valence-electron chi connectivity index (χ4n) is 4.15. The average molecular weight is 351 g/mol. The Morgan fingerprint density at radius 1 is 1.20 bits per heavy atom. The zero-order valence-electron chi connectivity index (χ0n) is 16.4. The van der Waals surface area contributed by atoms with Crippen LogP contribution in [-0.4, -0.2) is 52.8 Å². The molecule has 1 saturated heterocycles. The van der Waals surface area contributed by atoms with Crippen molar-refractivity contribution < 1.29 is 14.4 Å². The molecule has 0 aromatic carbocycles. The van der Waals surface area contributed by atoms with Crippen molar-refractivity contribution in [2.24, 2.45) is 11.3 Å². The molecule has 0 radical (unpaired) electrons. The normalized spacial score (nSPS) is 26.9. The van der Waals surface area contributed by atoms with E-state index in [-0.39, 0.29) is 23.8 Å². The topological polar surface area (TPSA) is 69.7 Å². The Morgan fingerprint density at radius 3 is 2.24 bits per heavy atom. The van der Waals surface area contributed by atoms with Crippen LogP contribution in [0.15, 0.2) is 0 Å². The van der Waals surface area contributed by atoms with Gasteiger partial charge in [-0.15, -0.1) is 0 Å². The van der Waals surface area contributed by atoms with Crippen LogP contribution in [0.3, 0.4) is 0 Å². The standard InChI is InChI=1S/C19H33N3O3/c1-6-18(4,5)14-9-11-19(12-10-14)16(24)22(17(25)20-19)13-15(23)21(7-2)8-3/h14H,6-13H2,1-5H3,(H,20,25). The molecule has 0 atom stereocenters. The summed E-state index contributed by atoms with van der Waals surface area (Å²) in [5.74, 6) is 0.177. The summed E-state index contributed by atoms with van der Waals surface area (Å²) < 4.78 is 0. The molecule has 2 rings (SSSR count). The van der Waals surface area contributed by atoms with Crippen LogP contribution in [0.2, 0.25) is 0 Å². The molecule has 6 heteroatoms. The second-order valence-corrected chi connectivity index (χ2v) is 8.09. The fraction of sp³-hybridized carbons (Fsp3) is 0.842. The molecular formula is C19H33N3O3. The summed E-state index contributed by atoms with van der Waals surface area (Å²) in [6.45, 7) is 11.6. The van der Waals surface area contributed by atoms with Crippen molar-refractivity contribution in [2.45, 2.75) is 72.3 Å². The van der Waals surface area contributed by atoms with Gasteiger partial charge in [-0.3, -0.25) is 14.5 Å². The van der Waals surface area contributed by atoms with Crippen molar-refractivity contribution in [3.63, 3.8) is 0 Å². The molecule has 142 valence electrons. The van der Waals surface area contributed by atoms with Crippen LogP contribution in [0, 0.1) is 11.3 Å². The lowest BCUT2D eigenvalue weighted by molar-refractivity contribution is -0.139. The van der Waals surface area contributed by atoms with Crippen LogP contribution in [0.4, 0.5) is 4.79 Å². The maximum absolute atomic E-state index is 12.9. The van der Waals surface area contributed by atoms with Gasteiger partial charge in [-0.25, -0.2) is 4.79 Å². The summed E-state index contributed by atoms with van der Waals surface area (Å²) >= 11 is 0. The maximum atomic E-state index is 12.9. The number of imide groups is 1. The van der Waals surface area contributed by atoms with Crippen LogP contribution in [0.25, 0.3) is 0 Å². The molecule has 0 bridgehead atoms. The summed E-state index contributed by atoms with van der Waals surface area (Å²) in [4.78, 5) is 40.3. The number of likely N-dealkylation sites (N-methyl/N-ethyl adjacent to an activating group) is 1. The number of nitrogens with zero attached hydrogens (tertiary/aromatic N) is 2. The Labute approximate surface area is 151 Å². The van der Waals surface area contributed by atoms with Gasteiger partial charge in [0.2, 0.25) is 5.91 Å². The number of hydrogen-bond donors (Lipinski definition) is 1. The molecule has 0 unspecified atom stereocenters. The van der Waals surface area contributed by atoms with Crippen LogP contribution in [0.5, 0.6) is 0 Å². The Morgan fingerprint density at radius 2 is 1.76 bits per heavy atom. The van der Waals surface area contributed by atoms with Gasteiger partial charge in [-0.1, -0.05) is 27.2 Å². The summed E-state index contributed by atoms with van der Waals surface area (Å²) in [6, 6.07) is -0.418. The molecule has 0 aromatic heterocycles. The first kappa shape index (κ1) is 19.7. The smallest absolute Gasteiger partial charge is 0.325 e. The highest BCUT2D eigenvalue weighted by Gasteiger charge is 2.53. The predicted molar refractivity (Wildman–Crippen MR) is 96.9 cm³/mol. The van der Waals surface area contributed by atoms with Crippen LogP contribution in [0.1, 0.15) is 66.7 Å². The lowest BCUT2D eigenvalue weighted by Crippen LogP contribution is -2.51. The number of carbonyl (C=O) groups excluding carboxylic acids is 3. The Kier molecular flexibility index (Phi) is 5.79. The van der Waals surface area contributed by atoms with E-state index in [0.717, 1.165) is 24.2 Å². The van der Waals surface area contributed by atoms with E-state index >= 15 is 0 Å². The molecule has 25 heavy (non-hydrogen) atoms. The molecular weight excluding hydrogens is 318 g/mol. The third kappa shape index (κ3) is 3.67. The van der Waals surface area contributed by atoms with Crippen LogP contribution < -0.4 is 5.32 Å². The Bertz CT molecular complexity index is 532. The minimum Gasteiger partial charge on any atom is -0.342 e. The van der Waals surface area contributed by atoms with Crippen LogP contribution in [-0.2, 0) is 9.59 Å². The minimum atomic E-state index is -0.791. The average Bonchev–Trinajstić information content (AvgIpc) is 2.80. The van der Waals surface area contributed by atoms with E-state index < -0.39 is 11.6 Å². The number of amides is 4. The van der Waals surface area contributed by atoms with Crippen molar-refractivity contribution >= 4 is 17.8 Å². The van der Waals surface area contributed by atoms with Gasteiger partial charge in [0.25, 0.3) is 5.91 Å². The lowest BCUT2D eigenvalue weighted by Gasteiger charge is -2.42. The fourth-order valence-corrected chi connectivity index (χ4v) is 4.15. The van der Waals surface area contributed by atoms with E-state index in [1.165, 1.54) is 0 Å². The van der Waals surface area contributed by atoms with E-state index in [2.05, 4.69) is 26.1 Å². The lowest BCUT2D eigenvalue weighted by atomic mass is 9.65. The van der Waals surface area contributed by atoms with Gasteiger partial charge in [-0.2, -0.15) is 0 Å². The maximum Gasteiger partial charge on any atom is 0.325 e. The largest absolute Gasteiger partial charge is 0.342 e. The minimum absolute atomic E-state index is 0.155. The van der Waals surface area contributed by atoms with E-state index in [0.29, 0.717) is 31.8 Å². The second kappa shape index (κ2) is 7.34. The van der Waals surface area contributed by atoms with Crippen molar-refractivity contribution in [1.29, 1.82) is 0 Å². The molecule has 1 heterocycles. The van der Waals surface area contributed by atoms with Gasteiger partial charge in [0.15, 0.2) is 0 Å². The number of rotatable bonds is 6. The Hall–Kier alpha value is -1.59. The van der Waals surface area contributed by atoms with E-state index in [1.54, 1.807) is 4.90 Å². The van der Waals surface area contributed by atoms with E-state index in [9.17, 15) is 14.4 Å². The van der Waals surface area contributed by atoms with Gasteiger partial charge in [-0.05, 0) is 50.9 Å². The van der Waals surface area contributed by atoms with Gasteiger partial charge in [0, 0.05) is 13.1 Å². The van der Waals surface area contributed by atoms with Crippen molar-refractivity contribution in [2.75, 3.05) is 19.6 Å². The number of urea groups is 1. The van der Waals surface area contributed by atoms with Gasteiger partial charge in [0.1, 0.15) is 12.1 Å². The zero-order valence-corrected chi connectivity index (χ0v) is 16.4. The summed E-state index contributed by atoms with van der Waals surface area (Å²) in [7, 11) is 0. The van der Waals surface area contributed by atoms with Crippen molar-refractivity contribution in [1.82, 2.24) is 15.1 Å². The first-order valence-electron chi connectivity index (χ1n) is 9.62. The first-order chi connectivity index (χ1) is 11.7. The predicted octanol–water partition coefficient (Wildman–Crippen LogP) is 2.77. The van der Waals surface area contributed by atoms with Crippen molar-refractivity contribution in [3.8, 4) is 0 Å². The highest BCUT2D eigenvalue weighted by molar-refractivity contribution is 6.09. The molecule has 4 amide bonds. The molecule has 2 fully saturated rings.